The fourth-order valence-corrected chi connectivity index (χ4v) is 2.93. The Kier molecular flexibility index (Phi) is 5.53. The molecule has 1 aromatic rings. The summed E-state index contributed by atoms with van der Waals surface area (Å²) in [7, 11) is 0. The van der Waals surface area contributed by atoms with Crippen LogP contribution in [0.25, 0.3) is 0 Å². The van der Waals surface area contributed by atoms with Crippen LogP contribution in [0.15, 0.2) is 18.2 Å². The molecule has 2 rings (SSSR count). The van der Waals surface area contributed by atoms with Gasteiger partial charge in [0.15, 0.2) is 0 Å². The first kappa shape index (κ1) is 16.2. The smallest absolute Gasteiger partial charge is 0.387 e. The summed E-state index contributed by atoms with van der Waals surface area (Å²) in [4.78, 5) is 0. The Hall–Kier alpha value is -1.20. The summed E-state index contributed by atoms with van der Waals surface area (Å²) in [5, 5.41) is 13.4. The number of rotatable bonds is 5. The lowest BCUT2D eigenvalue weighted by atomic mass is 9.91. The number of hydrogen-bond donors (Lipinski definition) is 2. The van der Waals surface area contributed by atoms with Crippen molar-refractivity contribution in [3.8, 4) is 5.75 Å². The highest BCUT2D eigenvalue weighted by Gasteiger charge is 2.25. The van der Waals surface area contributed by atoms with Gasteiger partial charge in [-0.1, -0.05) is 30.5 Å². The summed E-state index contributed by atoms with van der Waals surface area (Å²) in [5.74, 6) is 0.195. The average Bonchev–Trinajstić information content (AvgIpc) is 2.43. The van der Waals surface area contributed by atoms with Crippen molar-refractivity contribution in [2.45, 2.75) is 64.3 Å². The Morgan fingerprint density at radius 3 is 2.67 bits per heavy atom. The second-order valence-electron chi connectivity index (χ2n) is 5.77. The molecule has 2 N–H and O–H groups in total. The quantitative estimate of drug-likeness (QED) is 0.873. The van der Waals surface area contributed by atoms with Gasteiger partial charge >= 0.3 is 6.61 Å². The summed E-state index contributed by atoms with van der Waals surface area (Å²) < 4.78 is 29.6. The third kappa shape index (κ3) is 4.38. The first-order chi connectivity index (χ1) is 9.97. The normalized spacial score (nSPS) is 24.1. The molecule has 3 atom stereocenters. The summed E-state index contributed by atoms with van der Waals surface area (Å²) in [6, 6.07) is 5.03. The highest BCUT2D eigenvalue weighted by atomic mass is 19.3. The number of hydrogen-bond acceptors (Lipinski definition) is 3. The minimum absolute atomic E-state index is 0.00802. The van der Waals surface area contributed by atoms with Crippen LogP contribution in [0.2, 0.25) is 0 Å². The van der Waals surface area contributed by atoms with Gasteiger partial charge in [0.2, 0.25) is 0 Å². The Labute approximate surface area is 124 Å². The van der Waals surface area contributed by atoms with E-state index in [0.29, 0.717) is 5.56 Å². The van der Waals surface area contributed by atoms with Crippen molar-refractivity contribution in [1.29, 1.82) is 0 Å². The fraction of sp³-hybridized carbons (Fsp3) is 0.625. The van der Waals surface area contributed by atoms with Gasteiger partial charge in [-0.3, -0.25) is 0 Å². The van der Waals surface area contributed by atoms with Gasteiger partial charge in [0.1, 0.15) is 5.75 Å². The van der Waals surface area contributed by atoms with E-state index >= 15 is 0 Å². The average molecular weight is 299 g/mol. The molecular formula is C16H23F2NO2. The predicted octanol–water partition coefficient (Wildman–Crippen LogP) is 3.55. The van der Waals surface area contributed by atoms with Crippen molar-refractivity contribution < 1.29 is 18.6 Å². The molecule has 1 fully saturated rings. The van der Waals surface area contributed by atoms with E-state index < -0.39 is 6.61 Å². The number of aliphatic hydroxyl groups is 1. The van der Waals surface area contributed by atoms with Crippen LogP contribution in [-0.2, 0) is 0 Å². The molecule has 3 unspecified atom stereocenters. The number of alkyl halides is 2. The van der Waals surface area contributed by atoms with E-state index in [1.165, 1.54) is 0 Å². The zero-order chi connectivity index (χ0) is 15.4. The molecular weight excluding hydrogens is 276 g/mol. The van der Waals surface area contributed by atoms with E-state index in [9.17, 15) is 13.9 Å². The van der Waals surface area contributed by atoms with E-state index in [-0.39, 0.29) is 23.9 Å². The molecule has 0 aliphatic heterocycles. The van der Waals surface area contributed by atoms with Gasteiger partial charge in [-0.25, -0.2) is 0 Å². The minimum Gasteiger partial charge on any atom is -0.434 e. The van der Waals surface area contributed by atoms with Gasteiger partial charge in [-0.15, -0.1) is 0 Å². The van der Waals surface area contributed by atoms with Gasteiger partial charge < -0.3 is 15.2 Å². The number of ether oxygens (including phenoxy) is 1. The lowest BCUT2D eigenvalue weighted by Crippen LogP contribution is -2.43. The maximum Gasteiger partial charge on any atom is 0.387 e. The summed E-state index contributed by atoms with van der Waals surface area (Å²) in [6.45, 7) is 0.991. The highest BCUT2D eigenvalue weighted by molar-refractivity contribution is 5.39. The third-order valence-electron chi connectivity index (χ3n) is 4.04. The number of aliphatic hydroxyl groups excluding tert-OH is 1. The minimum atomic E-state index is -2.83. The maximum absolute atomic E-state index is 12.5. The molecule has 1 aromatic carbocycles. The molecule has 0 radical (unpaired) electrons. The van der Waals surface area contributed by atoms with Crippen molar-refractivity contribution >= 4 is 0 Å². The van der Waals surface area contributed by atoms with Gasteiger partial charge in [-0.05, 0) is 32.8 Å². The van der Waals surface area contributed by atoms with Crippen LogP contribution in [-0.4, -0.2) is 23.9 Å². The van der Waals surface area contributed by atoms with Crippen LogP contribution >= 0.6 is 0 Å². The highest BCUT2D eigenvalue weighted by Crippen LogP contribution is 2.29. The standard InChI is InChI=1S/C16H23F2NO2/c1-10-7-8-15(21-16(17)18)12(9-10)11(2)19-13-5-3-4-6-14(13)20/h7-9,11,13-14,16,19-20H,3-6H2,1-2H3. The van der Waals surface area contributed by atoms with E-state index in [0.717, 1.165) is 31.2 Å². The van der Waals surface area contributed by atoms with Crippen LogP contribution in [0.4, 0.5) is 8.78 Å². The molecule has 0 bridgehead atoms. The van der Waals surface area contributed by atoms with E-state index in [1.54, 1.807) is 12.1 Å². The number of benzene rings is 1. The summed E-state index contributed by atoms with van der Waals surface area (Å²) in [6.07, 6.45) is 3.44. The zero-order valence-corrected chi connectivity index (χ0v) is 12.5. The Morgan fingerprint density at radius 1 is 1.29 bits per heavy atom. The molecule has 5 heteroatoms. The van der Waals surface area contributed by atoms with Crippen molar-refractivity contribution in [3.63, 3.8) is 0 Å². The lowest BCUT2D eigenvalue weighted by molar-refractivity contribution is -0.0507. The van der Waals surface area contributed by atoms with Crippen LogP contribution < -0.4 is 10.1 Å². The van der Waals surface area contributed by atoms with Crippen LogP contribution in [0.5, 0.6) is 5.75 Å². The Bertz CT molecular complexity index is 468. The lowest BCUT2D eigenvalue weighted by Gasteiger charge is -2.31. The third-order valence-corrected chi connectivity index (χ3v) is 4.04. The molecule has 1 aliphatic rings. The molecule has 1 saturated carbocycles. The van der Waals surface area contributed by atoms with Gasteiger partial charge in [0.25, 0.3) is 0 Å². The van der Waals surface area contributed by atoms with Gasteiger partial charge in [0, 0.05) is 17.6 Å². The largest absolute Gasteiger partial charge is 0.434 e. The number of aryl methyl sites for hydroxylation is 1. The molecule has 3 nitrogen and oxygen atoms in total. The van der Waals surface area contributed by atoms with Crippen molar-refractivity contribution in [3.05, 3.63) is 29.3 Å². The Balaban J connectivity index is 2.13. The monoisotopic (exact) mass is 299 g/mol. The van der Waals surface area contributed by atoms with Crippen molar-refractivity contribution in [1.82, 2.24) is 5.32 Å². The molecule has 118 valence electrons. The molecule has 0 heterocycles. The molecule has 0 spiro atoms. The molecule has 0 saturated heterocycles. The topological polar surface area (TPSA) is 41.5 Å². The zero-order valence-electron chi connectivity index (χ0n) is 12.5. The maximum atomic E-state index is 12.5. The number of nitrogens with one attached hydrogen (secondary N) is 1. The fourth-order valence-electron chi connectivity index (χ4n) is 2.93. The van der Waals surface area contributed by atoms with E-state index in [2.05, 4.69) is 10.1 Å². The molecule has 0 amide bonds. The van der Waals surface area contributed by atoms with Crippen molar-refractivity contribution in [2.24, 2.45) is 0 Å². The van der Waals surface area contributed by atoms with Gasteiger partial charge in [0.05, 0.1) is 6.10 Å². The van der Waals surface area contributed by atoms with Crippen LogP contribution in [0.1, 0.15) is 49.8 Å². The van der Waals surface area contributed by atoms with Crippen LogP contribution in [0.3, 0.4) is 0 Å². The van der Waals surface area contributed by atoms with Crippen LogP contribution in [0, 0.1) is 6.92 Å². The Morgan fingerprint density at radius 2 is 2.00 bits per heavy atom. The SMILES string of the molecule is Cc1ccc(OC(F)F)c(C(C)NC2CCCCC2O)c1. The van der Waals surface area contributed by atoms with Gasteiger partial charge in [-0.2, -0.15) is 8.78 Å². The van der Waals surface area contributed by atoms with E-state index in [4.69, 9.17) is 0 Å². The first-order valence-corrected chi connectivity index (χ1v) is 7.47. The second kappa shape index (κ2) is 7.18. The molecule has 1 aliphatic carbocycles. The predicted molar refractivity (Wildman–Crippen MR) is 77.6 cm³/mol. The second-order valence-corrected chi connectivity index (χ2v) is 5.77. The van der Waals surface area contributed by atoms with Crippen molar-refractivity contribution in [2.75, 3.05) is 0 Å². The summed E-state index contributed by atoms with van der Waals surface area (Å²) >= 11 is 0. The first-order valence-electron chi connectivity index (χ1n) is 7.47. The molecule has 21 heavy (non-hydrogen) atoms. The molecule has 0 aromatic heterocycles. The summed E-state index contributed by atoms with van der Waals surface area (Å²) in [5.41, 5.74) is 1.69. The van der Waals surface area contributed by atoms with E-state index in [1.807, 2.05) is 19.9 Å². The number of halogens is 2.